The standard InChI is InChI=1S/C19H38N2O4Si3/c1-10-23-19(22)18(17-20)13-11-14-21(2)15-12-16-28(9,24-26(3,4)5)25-27(6,7)8/h11,13-14H,10,12,15-16H2,1-9H3/b14-11+,18-13+. The number of hydrogen-bond acceptors (Lipinski definition) is 6. The Kier molecular flexibility index (Phi) is 11.2. The van der Waals surface area contributed by atoms with E-state index in [0.717, 1.165) is 19.0 Å². The molecule has 0 unspecified atom stereocenters. The normalized spacial score (nSPS) is 13.5. The highest BCUT2D eigenvalue weighted by Crippen LogP contribution is 2.25. The zero-order valence-corrected chi connectivity index (χ0v) is 22.1. The third kappa shape index (κ3) is 13.1. The molecule has 0 aromatic rings. The molecule has 0 amide bonds. The minimum atomic E-state index is -2.21. The zero-order valence-electron chi connectivity index (χ0n) is 19.1. The van der Waals surface area contributed by atoms with Crippen molar-refractivity contribution < 1.29 is 17.8 Å². The van der Waals surface area contributed by atoms with Gasteiger partial charge in [0.05, 0.1) is 6.61 Å². The van der Waals surface area contributed by atoms with E-state index < -0.39 is 31.2 Å². The van der Waals surface area contributed by atoms with Gasteiger partial charge in [0.2, 0.25) is 0 Å². The van der Waals surface area contributed by atoms with E-state index in [1.54, 1.807) is 13.0 Å². The van der Waals surface area contributed by atoms with Gasteiger partial charge in [-0.2, -0.15) is 5.26 Å². The second-order valence-corrected chi connectivity index (χ2v) is 21.8. The van der Waals surface area contributed by atoms with Gasteiger partial charge in [0.1, 0.15) is 11.6 Å². The summed E-state index contributed by atoms with van der Waals surface area (Å²) in [6, 6.07) is 2.81. The fraction of sp³-hybridized carbons (Fsp3) is 0.684. The van der Waals surface area contributed by atoms with Crippen molar-refractivity contribution in [2.75, 3.05) is 20.2 Å². The van der Waals surface area contributed by atoms with Crippen LogP contribution in [0.15, 0.2) is 23.9 Å². The summed E-state index contributed by atoms with van der Waals surface area (Å²) in [5.74, 6) is -0.592. The van der Waals surface area contributed by atoms with Crippen LogP contribution >= 0.6 is 0 Å². The molecule has 0 saturated heterocycles. The van der Waals surface area contributed by atoms with Gasteiger partial charge in [-0.25, -0.2) is 4.79 Å². The highest BCUT2D eigenvalue weighted by molar-refractivity contribution is 6.87. The minimum Gasteiger partial charge on any atom is -0.462 e. The number of allylic oxidation sites excluding steroid dienone is 2. The van der Waals surface area contributed by atoms with E-state index in [2.05, 4.69) is 45.8 Å². The maximum absolute atomic E-state index is 11.6. The third-order valence-corrected chi connectivity index (χ3v) is 13.0. The molecule has 6 nitrogen and oxygen atoms in total. The molecule has 0 radical (unpaired) electrons. The van der Waals surface area contributed by atoms with Crippen molar-refractivity contribution in [2.24, 2.45) is 0 Å². The van der Waals surface area contributed by atoms with E-state index in [1.165, 1.54) is 6.08 Å². The molecular formula is C19H38N2O4Si3. The first-order valence-corrected chi connectivity index (χ1v) is 19.1. The maximum atomic E-state index is 11.6. The van der Waals surface area contributed by atoms with Gasteiger partial charge in [-0.15, -0.1) is 0 Å². The molecule has 0 spiro atoms. The van der Waals surface area contributed by atoms with Crippen molar-refractivity contribution in [2.45, 2.75) is 65.2 Å². The van der Waals surface area contributed by atoms with Crippen LogP contribution in [0.3, 0.4) is 0 Å². The van der Waals surface area contributed by atoms with Gasteiger partial charge < -0.3 is 17.9 Å². The van der Waals surface area contributed by atoms with E-state index in [9.17, 15) is 4.79 Å². The molecule has 0 bridgehead atoms. The number of nitrogens with zero attached hydrogens (tertiary/aromatic N) is 2. The molecule has 0 aliphatic carbocycles. The molecule has 0 aliphatic rings. The van der Waals surface area contributed by atoms with Crippen LogP contribution in [0.4, 0.5) is 0 Å². The number of carbonyl (C=O) groups excluding carboxylic acids is 1. The molecule has 9 heteroatoms. The van der Waals surface area contributed by atoms with Crippen LogP contribution in [0.2, 0.25) is 51.9 Å². The predicted octanol–water partition coefficient (Wildman–Crippen LogP) is 4.61. The molecule has 0 atom stereocenters. The van der Waals surface area contributed by atoms with Crippen molar-refractivity contribution >= 4 is 31.2 Å². The molecule has 0 fully saturated rings. The first kappa shape index (κ1) is 26.8. The van der Waals surface area contributed by atoms with Gasteiger partial charge >= 0.3 is 14.5 Å². The number of rotatable bonds is 12. The number of hydrogen-bond donors (Lipinski definition) is 0. The molecular weight excluding hydrogens is 404 g/mol. The van der Waals surface area contributed by atoms with E-state index in [-0.39, 0.29) is 12.2 Å². The molecule has 160 valence electrons. The monoisotopic (exact) mass is 442 g/mol. The SMILES string of the molecule is CCOC(=O)/C(C#N)=C/C=C/N(C)CCC[Si](C)(O[Si](C)(C)C)O[Si](C)(C)C. The summed E-state index contributed by atoms with van der Waals surface area (Å²) in [6.45, 7) is 18.3. The Labute approximate surface area is 174 Å². The van der Waals surface area contributed by atoms with Crippen LogP contribution < -0.4 is 0 Å². The Hall–Kier alpha value is -1.19. The van der Waals surface area contributed by atoms with Crippen molar-refractivity contribution in [3.63, 3.8) is 0 Å². The number of ether oxygens (including phenoxy) is 1. The lowest BCUT2D eigenvalue weighted by molar-refractivity contribution is -0.138. The number of carbonyl (C=O) groups is 1. The summed E-state index contributed by atoms with van der Waals surface area (Å²) in [5.41, 5.74) is -0.00134. The van der Waals surface area contributed by atoms with Crippen molar-refractivity contribution in [3.05, 3.63) is 23.9 Å². The minimum absolute atomic E-state index is 0.00134. The molecule has 0 saturated carbocycles. The van der Waals surface area contributed by atoms with Crippen molar-refractivity contribution in [3.8, 4) is 6.07 Å². The fourth-order valence-corrected chi connectivity index (χ4v) is 15.3. The predicted molar refractivity (Wildman–Crippen MR) is 122 cm³/mol. The van der Waals surface area contributed by atoms with Crippen molar-refractivity contribution in [1.82, 2.24) is 4.90 Å². The van der Waals surface area contributed by atoms with E-state index in [0.29, 0.717) is 0 Å². The van der Waals surface area contributed by atoms with Gasteiger partial charge in [-0.3, -0.25) is 0 Å². The highest BCUT2D eigenvalue weighted by Gasteiger charge is 2.39. The second kappa shape index (κ2) is 11.7. The number of esters is 1. The lowest BCUT2D eigenvalue weighted by atomic mass is 10.3. The van der Waals surface area contributed by atoms with Crippen LogP contribution in [0.1, 0.15) is 13.3 Å². The molecule has 0 aliphatic heterocycles. The Morgan fingerprint density at radius 2 is 1.61 bits per heavy atom. The molecule has 0 rings (SSSR count). The van der Waals surface area contributed by atoms with Gasteiger partial charge in [0, 0.05) is 13.6 Å². The van der Waals surface area contributed by atoms with Gasteiger partial charge in [-0.1, -0.05) is 0 Å². The summed E-state index contributed by atoms with van der Waals surface area (Å²) in [7, 11) is -3.59. The van der Waals surface area contributed by atoms with E-state index >= 15 is 0 Å². The van der Waals surface area contributed by atoms with Crippen LogP contribution in [-0.2, 0) is 17.8 Å². The smallest absolute Gasteiger partial charge is 0.348 e. The summed E-state index contributed by atoms with van der Waals surface area (Å²) in [4.78, 5) is 13.6. The first-order chi connectivity index (χ1) is 12.7. The van der Waals surface area contributed by atoms with E-state index in [1.807, 2.05) is 24.2 Å². The van der Waals surface area contributed by atoms with E-state index in [4.69, 9.17) is 18.2 Å². The lowest BCUT2D eigenvalue weighted by Crippen LogP contribution is -2.52. The average molecular weight is 443 g/mol. The lowest BCUT2D eigenvalue weighted by Gasteiger charge is -2.38. The second-order valence-electron chi connectivity index (χ2n) is 8.90. The Bertz CT molecular complexity index is 586. The quantitative estimate of drug-likeness (QED) is 0.144. The van der Waals surface area contributed by atoms with Gasteiger partial charge in [-0.05, 0) is 83.6 Å². The largest absolute Gasteiger partial charge is 0.462 e. The third-order valence-electron chi connectivity index (χ3n) is 3.41. The molecule has 0 heterocycles. The molecule has 0 N–H and O–H groups in total. The number of nitriles is 1. The topological polar surface area (TPSA) is 71.8 Å². The summed E-state index contributed by atoms with van der Waals surface area (Å²) >= 11 is 0. The van der Waals surface area contributed by atoms with Crippen LogP contribution in [0.5, 0.6) is 0 Å². The Balaban J connectivity index is 4.79. The molecule has 0 aromatic heterocycles. The Morgan fingerprint density at radius 3 is 2.04 bits per heavy atom. The Morgan fingerprint density at radius 1 is 1.07 bits per heavy atom. The average Bonchev–Trinajstić information content (AvgIpc) is 2.47. The summed E-state index contributed by atoms with van der Waals surface area (Å²) in [5, 5.41) is 9.02. The summed E-state index contributed by atoms with van der Waals surface area (Å²) in [6.07, 6.45) is 6.00. The zero-order chi connectivity index (χ0) is 22.0. The molecule has 0 aromatic carbocycles. The van der Waals surface area contributed by atoms with Gasteiger partial charge in [0.15, 0.2) is 16.6 Å². The maximum Gasteiger partial charge on any atom is 0.348 e. The highest BCUT2D eigenvalue weighted by atomic mass is 28.5. The fourth-order valence-electron chi connectivity index (χ4n) is 2.79. The first-order valence-electron chi connectivity index (χ1n) is 9.77. The molecule has 28 heavy (non-hydrogen) atoms. The summed E-state index contributed by atoms with van der Waals surface area (Å²) < 4.78 is 17.9. The van der Waals surface area contributed by atoms with Gasteiger partial charge in [0.25, 0.3) is 0 Å². The van der Waals surface area contributed by atoms with Crippen LogP contribution in [0, 0.1) is 11.3 Å². The van der Waals surface area contributed by atoms with Crippen molar-refractivity contribution in [1.29, 1.82) is 5.26 Å². The van der Waals surface area contributed by atoms with Crippen LogP contribution in [0.25, 0.3) is 0 Å². The van der Waals surface area contributed by atoms with Crippen LogP contribution in [-0.4, -0.2) is 56.3 Å².